The van der Waals surface area contributed by atoms with E-state index in [9.17, 15) is 4.79 Å². The van der Waals surface area contributed by atoms with Crippen LogP contribution in [0.25, 0.3) is 5.52 Å². The fourth-order valence-electron chi connectivity index (χ4n) is 1.68. The summed E-state index contributed by atoms with van der Waals surface area (Å²) in [4.78, 5) is 15.9. The molecular weight excluding hydrogens is 204 g/mol. The van der Waals surface area contributed by atoms with Gasteiger partial charge in [-0.05, 0) is 6.42 Å². The van der Waals surface area contributed by atoms with Crippen LogP contribution in [0.5, 0.6) is 0 Å². The highest BCUT2D eigenvalue weighted by Crippen LogP contribution is 2.06. The van der Waals surface area contributed by atoms with Gasteiger partial charge >= 0.3 is 5.69 Å². The molecule has 84 valence electrons. The minimum absolute atomic E-state index is 0.174. The summed E-state index contributed by atoms with van der Waals surface area (Å²) in [6.07, 6.45) is 6.69. The number of allylic oxidation sites excluding steroid dienone is 1. The van der Waals surface area contributed by atoms with Crippen LogP contribution in [0, 0.1) is 0 Å². The molecule has 0 radical (unpaired) electrons. The number of aromatic nitrogens is 4. The molecule has 0 fully saturated rings. The van der Waals surface area contributed by atoms with E-state index < -0.39 is 0 Å². The first-order chi connectivity index (χ1) is 7.77. The quantitative estimate of drug-likeness (QED) is 0.720. The maximum Gasteiger partial charge on any atom is 0.350 e. The summed E-state index contributed by atoms with van der Waals surface area (Å²) >= 11 is 0. The van der Waals surface area contributed by atoms with Gasteiger partial charge in [0.2, 0.25) is 0 Å². The maximum absolute atomic E-state index is 11.9. The van der Waals surface area contributed by atoms with Crippen molar-refractivity contribution in [3.05, 3.63) is 41.4 Å². The van der Waals surface area contributed by atoms with Crippen molar-refractivity contribution in [2.24, 2.45) is 0 Å². The Morgan fingerprint density at radius 2 is 2.38 bits per heavy atom. The Morgan fingerprint density at radius 1 is 1.56 bits per heavy atom. The summed E-state index contributed by atoms with van der Waals surface area (Å²) in [5.74, 6) is 0. The second kappa shape index (κ2) is 4.30. The first-order valence-electron chi connectivity index (χ1n) is 5.31. The first-order valence-corrected chi connectivity index (χ1v) is 5.31. The van der Waals surface area contributed by atoms with Gasteiger partial charge in [0, 0.05) is 0 Å². The average Bonchev–Trinajstić information content (AvgIpc) is 2.74. The highest BCUT2D eigenvalue weighted by molar-refractivity contribution is 5.48. The molecule has 0 aliphatic rings. The average molecular weight is 218 g/mol. The van der Waals surface area contributed by atoms with Crippen LogP contribution in [-0.2, 0) is 13.0 Å². The minimum atomic E-state index is -0.174. The van der Waals surface area contributed by atoms with Crippen LogP contribution >= 0.6 is 0 Å². The summed E-state index contributed by atoms with van der Waals surface area (Å²) in [6, 6.07) is 0. The Balaban J connectivity index is 2.69. The molecule has 2 aromatic heterocycles. The molecule has 2 aromatic rings. The number of rotatable bonds is 4. The molecule has 2 rings (SSSR count). The third-order valence-electron chi connectivity index (χ3n) is 2.39. The summed E-state index contributed by atoms with van der Waals surface area (Å²) in [6.45, 7) is 6.12. The Bertz CT molecular complexity index is 567. The van der Waals surface area contributed by atoms with Gasteiger partial charge in [0.25, 0.3) is 0 Å². The molecule has 0 aliphatic heterocycles. The van der Waals surface area contributed by atoms with Crippen LogP contribution in [0.3, 0.4) is 0 Å². The third kappa shape index (κ3) is 1.64. The van der Waals surface area contributed by atoms with Crippen molar-refractivity contribution in [1.29, 1.82) is 0 Å². The number of nitrogens with zero attached hydrogens (tertiary/aromatic N) is 4. The van der Waals surface area contributed by atoms with Crippen molar-refractivity contribution in [3.63, 3.8) is 0 Å². The van der Waals surface area contributed by atoms with Gasteiger partial charge in [0.05, 0.1) is 24.0 Å². The van der Waals surface area contributed by atoms with Gasteiger partial charge in [-0.15, -0.1) is 6.58 Å². The molecule has 0 amide bonds. The van der Waals surface area contributed by atoms with E-state index >= 15 is 0 Å². The predicted molar refractivity (Wildman–Crippen MR) is 61.4 cm³/mol. The molecule has 5 nitrogen and oxygen atoms in total. The maximum atomic E-state index is 11.9. The van der Waals surface area contributed by atoms with Gasteiger partial charge in [-0.2, -0.15) is 5.10 Å². The van der Waals surface area contributed by atoms with E-state index in [2.05, 4.69) is 23.6 Å². The molecule has 0 aliphatic carbocycles. The van der Waals surface area contributed by atoms with E-state index in [0.29, 0.717) is 6.54 Å². The molecule has 0 spiro atoms. The van der Waals surface area contributed by atoms with E-state index in [4.69, 9.17) is 0 Å². The number of hydrogen-bond acceptors (Lipinski definition) is 3. The van der Waals surface area contributed by atoms with Gasteiger partial charge in [0.15, 0.2) is 0 Å². The van der Waals surface area contributed by atoms with E-state index in [1.54, 1.807) is 12.3 Å². The Labute approximate surface area is 93.0 Å². The molecular formula is C11H14N4O. The number of fused-ring (bicyclic) bond motifs is 1. The lowest BCUT2D eigenvalue weighted by molar-refractivity contribution is 0.596. The van der Waals surface area contributed by atoms with E-state index in [1.807, 2.05) is 0 Å². The van der Waals surface area contributed by atoms with Gasteiger partial charge in [-0.25, -0.2) is 18.9 Å². The van der Waals surface area contributed by atoms with Crippen LogP contribution in [-0.4, -0.2) is 19.2 Å². The Kier molecular flexibility index (Phi) is 2.85. The number of aryl methyl sites for hydroxylation is 1. The van der Waals surface area contributed by atoms with Gasteiger partial charge in [-0.1, -0.05) is 19.4 Å². The van der Waals surface area contributed by atoms with Crippen LogP contribution in [0.2, 0.25) is 0 Å². The Morgan fingerprint density at radius 3 is 3.06 bits per heavy atom. The Hall–Kier alpha value is -1.91. The largest absolute Gasteiger partial charge is 0.350 e. The standard InChI is InChI=1S/C11H14N4O/c1-3-5-9-10-7-12-8-14(10)11(16)15(13-9)6-4-2/h4,7-8H,2-3,5-6H2,1H3. The molecule has 0 N–H and O–H groups in total. The number of imidazole rings is 1. The second-order valence-corrected chi connectivity index (χ2v) is 3.60. The molecule has 2 heterocycles. The smallest absolute Gasteiger partial charge is 0.248 e. The van der Waals surface area contributed by atoms with Crippen molar-refractivity contribution < 1.29 is 0 Å². The molecule has 0 bridgehead atoms. The van der Waals surface area contributed by atoms with Crippen molar-refractivity contribution in [1.82, 2.24) is 19.2 Å². The highest BCUT2D eigenvalue weighted by Gasteiger charge is 2.08. The molecule has 0 saturated carbocycles. The second-order valence-electron chi connectivity index (χ2n) is 3.60. The summed E-state index contributed by atoms with van der Waals surface area (Å²) in [7, 11) is 0. The molecule has 0 atom stereocenters. The minimum Gasteiger partial charge on any atom is -0.248 e. The highest BCUT2D eigenvalue weighted by atomic mass is 16.2. The third-order valence-corrected chi connectivity index (χ3v) is 2.39. The van der Waals surface area contributed by atoms with Crippen LogP contribution in [0.1, 0.15) is 19.0 Å². The lowest BCUT2D eigenvalue weighted by Crippen LogP contribution is -2.29. The molecule has 16 heavy (non-hydrogen) atoms. The normalized spacial score (nSPS) is 10.8. The van der Waals surface area contributed by atoms with Crippen LogP contribution < -0.4 is 5.69 Å². The zero-order valence-corrected chi connectivity index (χ0v) is 9.26. The number of hydrogen-bond donors (Lipinski definition) is 0. The summed E-state index contributed by atoms with van der Waals surface area (Å²) < 4.78 is 2.94. The monoisotopic (exact) mass is 218 g/mol. The van der Waals surface area contributed by atoms with E-state index in [1.165, 1.54) is 15.4 Å². The first kappa shape index (κ1) is 10.6. The van der Waals surface area contributed by atoms with Crippen molar-refractivity contribution in [2.45, 2.75) is 26.3 Å². The summed E-state index contributed by atoms with van der Waals surface area (Å²) in [5, 5.41) is 4.32. The van der Waals surface area contributed by atoms with Gasteiger partial charge in [-0.3, -0.25) is 0 Å². The van der Waals surface area contributed by atoms with Crippen LogP contribution in [0.4, 0.5) is 0 Å². The lowest BCUT2D eigenvalue weighted by atomic mass is 10.2. The fraction of sp³-hybridized carbons (Fsp3) is 0.364. The molecule has 0 aromatic carbocycles. The molecule has 0 saturated heterocycles. The molecule has 5 heteroatoms. The molecule has 0 unspecified atom stereocenters. The van der Waals surface area contributed by atoms with Crippen molar-refractivity contribution >= 4 is 5.52 Å². The zero-order chi connectivity index (χ0) is 11.5. The van der Waals surface area contributed by atoms with E-state index in [-0.39, 0.29) is 5.69 Å². The van der Waals surface area contributed by atoms with Gasteiger partial charge < -0.3 is 0 Å². The summed E-state index contributed by atoms with van der Waals surface area (Å²) in [5.41, 5.74) is 1.53. The van der Waals surface area contributed by atoms with Crippen molar-refractivity contribution in [2.75, 3.05) is 0 Å². The fourth-order valence-corrected chi connectivity index (χ4v) is 1.68. The lowest BCUT2D eigenvalue weighted by Gasteiger charge is -2.06. The van der Waals surface area contributed by atoms with E-state index in [0.717, 1.165) is 24.1 Å². The topological polar surface area (TPSA) is 52.2 Å². The predicted octanol–water partition coefficient (Wildman–Crippen LogP) is 1.03. The zero-order valence-electron chi connectivity index (χ0n) is 9.26. The van der Waals surface area contributed by atoms with Crippen molar-refractivity contribution in [3.8, 4) is 0 Å². The van der Waals surface area contributed by atoms with Gasteiger partial charge in [0.1, 0.15) is 6.33 Å². The SMILES string of the molecule is C=CCn1nc(CCC)c2cncn2c1=O. The van der Waals surface area contributed by atoms with Crippen LogP contribution in [0.15, 0.2) is 30.0 Å².